The van der Waals surface area contributed by atoms with Crippen LogP contribution >= 0.6 is 11.8 Å². The Labute approximate surface area is 207 Å². The zero-order valence-electron chi connectivity index (χ0n) is 19.9. The van der Waals surface area contributed by atoms with Crippen LogP contribution in [0.4, 0.5) is 15.8 Å². The first-order valence-corrected chi connectivity index (χ1v) is 11.8. The quantitative estimate of drug-likeness (QED) is 0.378. The van der Waals surface area contributed by atoms with E-state index < -0.39 is 11.1 Å². The highest BCUT2D eigenvalue weighted by Crippen LogP contribution is 2.28. The van der Waals surface area contributed by atoms with E-state index in [0.29, 0.717) is 29.0 Å². The summed E-state index contributed by atoms with van der Waals surface area (Å²) < 4.78 is 26.7. The van der Waals surface area contributed by atoms with Gasteiger partial charge in [-0.3, -0.25) is 14.2 Å². The number of methoxy groups -OCH3 is 1. The molecule has 0 spiro atoms. The summed E-state index contributed by atoms with van der Waals surface area (Å²) in [7, 11) is 1.59. The van der Waals surface area contributed by atoms with Gasteiger partial charge in [-0.1, -0.05) is 23.9 Å². The van der Waals surface area contributed by atoms with Crippen molar-refractivity contribution in [3.63, 3.8) is 0 Å². The van der Waals surface area contributed by atoms with Crippen LogP contribution < -0.4 is 15.4 Å². The molecule has 0 aliphatic rings. The summed E-state index contributed by atoms with van der Waals surface area (Å²) in [5.41, 5.74) is 1.24. The Kier molecular flexibility index (Phi) is 9.21. The second-order valence-corrected chi connectivity index (χ2v) is 9.11. The van der Waals surface area contributed by atoms with Crippen molar-refractivity contribution in [3.05, 3.63) is 60.2 Å². The number of amides is 2. The predicted octanol–water partition coefficient (Wildman–Crippen LogP) is 4.28. The van der Waals surface area contributed by atoms with Crippen LogP contribution in [0.15, 0.2) is 53.7 Å². The summed E-state index contributed by atoms with van der Waals surface area (Å²) in [6.45, 7) is 5.52. The van der Waals surface area contributed by atoms with Gasteiger partial charge in [0.2, 0.25) is 11.8 Å². The van der Waals surface area contributed by atoms with Crippen LogP contribution in [0.25, 0.3) is 0 Å². The number of carbonyl (C=O) groups excluding carboxylic acids is 2. The molecule has 0 saturated heterocycles. The zero-order chi connectivity index (χ0) is 25.4. The molecule has 2 N–H and O–H groups in total. The van der Waals surface area contributed by atoms with E-state index >= 15 is 0 Å². The lowest BCUT2D eigenvalue weighted by molar-refractivity contribution is -0.115. The molecule has 2 atom stereocenters. The number of rotatable bonds is 11. The lowest BCUT2D eigenvalue weighted by Gasteiger charge is -2.19. The van der Waals surface area contributed by atoms with Crippen LogP contribution in [0, 0.1) is 5.82 Å². The lowest BCUT2D eigenvalue weighted by Crippen LogP contribution is -2.24. The molecule has 11 heteroatoms. The molecule has 1 heterocycles. The fraction of sp³-hybridized carbons (Fsp3) is 0.333. The van der Waals surface area contributed by atoms with Crippen LogP contribution in [-0.4, -0.2) is 45.5 Å². The first-order valence-electron chi connectivity index (χ1n) is 10.9. The molecule has 0 fully saturated rings. The first kappa shape index (κ1) is 26.2. The molecule has 1 aromatic heterocycles. The highest BCUT2D eigenvalue weighted by atomic mass is 32.2. The minimum atomic E-state index is -0.497. The molecule has 0 unspecified atom stereocenters. The van der Waals surface area contributed by atoms with E-state index in [1.54, 1.807) is 56.5 Å². The molecule has 0 aliphatic heterocycles. The number of aromatic nitrogens is 3. The van der Waals surface area contributed by atoms with Gasteiger partial charge in [0.25, 0.3) is 0 Å². The Balaban J connectivity index is 1.70. The number of benzene rings is 2. The molecule has 0 aliphatic carbocycles. The van der Waals surface area contributed by atoms with Crippen molar-refractivity contribution in [2.75, 3.05) is 24.4 Å². The fourth-order valence-corrected chi connectivity index (χ4v) is 4.21. The van der Waals surface area contributed by atoms with E-state index in [9.17, 15) is 14.0 Å². The Bertz CT molecular complexity index is 1160. The van der Waals surface area contributed by atoms with E-state index in [1.807, 2.05) is 11.5 Å². The molecule has 186 valence electrons. The first-order chi connectivity index (χ1) is 16.8. The number of nitrogens with one attached hydrogen (secondary N) is 2. The highest BCUT2D eigenvalue weighted by Gasteiger charge is 2.23. The Hall–Kier alpha value is -3.44. The number of carbonyl (C=O) groups is 2. The molecule has 9 nitrogen and oxygen atoms in total. The summed E-state index contributed by atoms with van der Waals surface area (Å²) in [6, 6.07) is 12.8. The topological polar surface area (TPSA) is 107 Å². The Morgan fingerprint density at radius 1 is 1.06 bits per heavy atom. The number of para-hydroxylation sites is 1. The summed E-state index contributed by atoms with van der Waals surface area (Å²) in [6.07, 6.45) is 0. The molecular weight excluding hydrogens is 473 g/mol. The summed E-state index contributed by atoms with van der Waals surface area (Å²) in [4.78, 5) is 23.9. The maximum absolute atomic E-state index is 13.9. The van der Waals surface area contributed by atoms with Crippen molar-refractivity contribution in [3.8, 4) is 5.75 Å². The fourth-order valence-electron chi connectivity index (χ4n) is 3.24. The number of hydrogen-bond acceptors (Lipinski definition) is 7. The van der Waals surface area contributed by atoms with Gasteiger partial charge in [0.1, 0.15) is 6.61 Å². The molecule has 2 aromatic carbocycles. The van der Waals surface area contributed by atoms with Crippen molar-refractivity contribution >= 4 is 35.0 Å². The van der Waals surface area contributed by atoms with Gasteiger partial charge in [-0.15, -0.1) is 10.2 Å². The molecule has 2 amide bonds. The minimum absolute atomic E-state index is 0.00374. The molecule has 0 saturated carbocycles. The monoisotopic (exact) mass is 501 g/mol. The van der Waals surface area contributed by atoms with Crippen molar-refractivity contribution < 1.29 is 23.5 Å². The molecule has 0 radical (unpaired) electrons. The largest absolute Gasteiger partial charge is 0.483 e. The SMILES string of the molecule is COC[C@@H](C)n1c(COc2ccccc2F)nnc1S[C@H](C)C(=O)Nc1ccc(NC(C)=O)cc1. The van der Waals surface area contributed by atoms with Crippen molar-refractivity contribution in [2.45, 2.75) is 43.8 Å². The van der Waals surface area contributed by atoms with Gasteiger partial charge in [-0.25, -0.2) is 4.39 Å². The van der Waals surface area contributed by atoms with E-state index in [4.69, 9.17) is 9.47 Å². The number of thioether (sulfide) groups is 1. The van der Waals surface area contributed by atoms with Gasteiger partial charge in [0.15, 0.2) is 22.5 Å². The van der Waals surface area contributed by atoms with Crippen LogP contribution in [-0.2, 0) is 20.9 Å². The minimum Gasteiger partial charge on any atom is -0.483 e. The van der Waals surface area contributed by atoms with Crippen LogP contribution in [0.1, 0.15) is 32.6 Å². The second kappa shape index (κ2) is 12.3. The van der Waals surface area contributed by atoms with Gasteiger partial charge in [0, 0.05) is 25.4 Å². The maximum atomic E-state index is 13.9. The van der Waals surface area contributed by atoms with Crippen LogP contribution in [0.3, 0.4) is 0 Å². The number of halogens is 1. The molecule has 3 rings (SSSR count). The number of hydrogen-bond donors (Lipinski definition) is 2. The van der Waals surface area contributed by atoms with E-state index in [-0.39, 0.29) is 30.2 Å². The molecule has 35 heavy (non-hydrogen) atoms. The summed E-state index contributed by atoms with van der Waals surface area (Å²) in [5, 5.41) is 14.0. The zero-order valence-corrected chi connectivity index (χ0v) is 20.8. The van der Waals surface area contributed by atoms with Crippen LogP contribution in [0.2, 0.25) is 0 Å². The van der Waals surface area contributed by atoms with E-state index in [1.165, 1.54) is 24.8 Å². The van der Waals surface area contributed by atoms with Gasteiger partial charge in [-0.05, 0) is 50.2 Å². The van der Waals surface area contributed by atoms with Crippen molar-refractivity contribution in [2.24, 2.45) is 0 Å². The number of anilines is 2. The Morgan fingerprint density at radius 2 is 1.71 bits per heavy atom. The maximum Gasteiger partial charge on any atom is 0.237 e. The normalized spacial score (nSPS) is 12.6. The molecule has 0 bridgehead atoms. The third-order valence-electron chi connectivity index (χ3n) is 4.90. The average Bonchev–Trinajstić information content (AvgIpc) is 3.22. The smallest absolute Gasteiger partial charge is 0.237 e. The van der Waals surface area contributed by atoms with Gasteiger partial charge >= 0.3 is 0 Å². The highest BCUT2D eigenvalue weighted by molar-refractivity contribution is 8.00. The number of nitrogens with zero attached hydrogens (tertiary/aromatic N) is 3. The van der Waals surface area contributed by atoms with E-state index in [2.05, 4.69) is 20.8 Å². The third kappa shape index (κ3) is 7.27. The Morgan fingerprint density at radius 3 is 2.34 bits per heavy atom. The predicted molar refractivity (Wildman–Crippen MR) is 132 cm³/mol. The number of ether oxygens (including phenoxy) is 2. The molecule has 3 aromatic rings. The van der Waals surface area contributed by atoms with Crippen molar-refractivity contribution in [1.82, 2.24) is 14.8 Å². The summed E-state index contributed by atoms with van der Waals surface area (Å²) in [5.74, 6) is -0.249. The lowest BCUT2D eigenvalue weighted by atomic mass is 10.2. The van der Waals surface area contributed by atoms with Gasteiger partial charge < -0.3 is 20.1 Å². The standard InChI is InChI=1S/C24H28FN5O4S/c1-15(13-33-4)30-22(14-34-21-8-6-5-7-20(21)25)28-29-24(30)35-16(2)23(32)27-19-11-9-18(10-12-19)26-17(3)31/h5-12,15-16H,13-14H2,1-4H3,(H,26,31)(H,27,32)/t15-,16-/m1/s1. The van der Waals surface area contributed by atoms with Crippen molar-refractivity contribution in [1.29, 1.82) is 0 Å². The van der Waals surface area contributed by atoms with Gasteiger partial charge in [0.05, 0.1) is 17.9 Å². The van der Waals surface area contributed by atoms with Gasteiger partial charge in [-0.2, -0.15) is 0 Å². The average molecular weight is 502 g/mol. The van der Waals surface area contributed by atoms with E-state index in [0.717, 1.165) is 0 Å². The van der Waals surface area contributed by atoms with Crippen LogP contribution in [0.5, 0.6) is 5.75 Å². The third-order valence-corrected chi connectivity index (χ3v) is 5.96. The molecular formula is C24H28FN5O4S. The second-order valence-electron chi connectivity index (χ2n) is 7.80. The summed E-state index contributed by atoms with van der Waals surface area (Å²) >= 11 is 1.24.